The summed E-state index contributed by atoms with van der Waals surface area (Å²) in [5.74, 6) is 1.30. The lowest BCUT2D eigenvalue weighted by Gasteiger charge is -2.10. The Balaban J connectivity index is 2.47. The summed E-state index contributed by atoms with van der Waals surface area (Å²) in [6.45, 7) is 4.87. The maximum absolute atomic E-state index is 6.13. The minimum atomic E-state index is 0.532. The highest BCUT2D eigenvalue weighted by Crippen LogP contribution is 2.28. The Morgan fingerprint density at radius 2 is 2.16 bits per heavy atom. The molecule has 0 unspecified atom stereocenters. The normalized spacial score (nSPS) is 10.5. The third-order valence-electron chi connectivity index (χ3n) is 2.53. The number of anilines is 1. The fourth-order valence-electron chi connectivity index (χ4n) is 1.58. The Hall–Kier alpha value is -1.20. The van der Waals surface area contributed by atoms with Crippen molar-refractivity contribution in [3.8, 4) is 11.5 Å². The summed E-state index contributed by atoms with van der Waals surface area (Å²) in [6, 6.07) is 3.57. The highest BCUT2D eigenvalue weighted by molar-refractivity contribution is 9.10. The molecule has 0 aliphatic rings. The molecule has 0 bridgehead atoms. The molecule has 0 aliphatic carbocycles. The maximum Gasteiger partial charge on any atom is 0.182 e. The van der Waals surface area contributed by atoms with Gasteiger partial charge in [0.05, 0.1) is 15.2 Å². The van der Waals surface area contributed by atoms with Crippen LogP contribution in [0.2, 0.25) is 5.02 Å². The molecule has 2 aromatic heterocycles. The summed E-state index contributed by atoms with van der Waals surface area (Å²) < 4.78 is 0.872. The van der Waals surface area contributed by atoms with Gasteiger partial charge in [-0.3, -0.25) is 4.98 Å². The predicted octanol–water partition coefficient (Wildman–Crippen LogP) is 4.08. The zero-order chi connectivity index (χ0) is 13.8. The van der Waals surface area contributed by atoms with Crippen molar-refractivity contribution in [1.82, 2.24) is 15.0 Å². The van der Waals surface area contributed by atoms with Gasteiger partial charge in [-0.15, -0.1) is 0 Å². The highest BCUT2D eigenvalue weighted by atomic mass is 79.9. The highest BCUT2D eigenvalue weighted by Gasteiger charge is 2.13. The lowest BCUT2D eigenvalue weighted by Crippen LogP contribution is -2.06. The lowest BCUT2D eigenvalue weighted by molar-refractivity contribution is 0.957. The van der Waals surface area contributed by atoms with E-state index in [1.54, 1.807) is 18.3 Å². The number of pyridine rings is 1. The van der Waals surface area contributed by atoms with Crippen molar-refractivity contribution in [2.24, 2.45) is 0 Å². The van der Waals surface area contributed by atoms with Crippen LogP contribution in [0.4, 0.5) is 5.82 Å². The monoisotopic (exact) mass is 340 g/mol. The van der Waals surface area contributed by atoms with Crippen LogP contribution in [0.25, 0.3) is 11.5 Å². The van der Waals surface area contributed by atoms with Crippen molar-refractivity contribution >= 4 is 33.3 Å². The van der Waals surface area contributed by atoms with Crippen LogP contribution >= 0.6 is 27.5 Å². The smallest absolute Gasteiger partial charge is 0.182 e. The molecule has 0 aliphatic heterocycles. The molecule has 0 aromatic carbocycles. The van der Waals surface area contributed by atoms with E-state index in [2.05, 4.69) is 43.1 Å². The third kappa shape index (κ3) is 3.22. The van der Waals surface area contributed by atoms with Gasteiger partial charge in [0.15, 0.2) is 5.82 Å². The molecule has 2 heterocycles. The summed E-state index contributed by atoms with van der Waals surface area (Å²) in [5, 5.41) is 3.81. The van der Waals surface area contributed by atoms with E-state index in [1.165, 1.54) is 0 Å². The zero-order valence-electron chi connectivity index (χ0n) is 10.7. The first-order chi connectivity index (χ1) is 9.13. The quantitative estimate of drug-likeness (QED) is 0.910. The van der Waals surface area contributed by atoms with E-state index in [4.69, 9.17) is 11.6 Å². The fourth-order valence-corrected chi connectivity index (χ4v) is 2.10. The largest absolute Gasteiger partial charge is 0.369 e. The van der Waals surface area contributed by atoms with Gasteiger partial charge in [-0.1, -0.05) is 18.5 Å². The van der Waals surface area contributed by atoms with Crippen LogP contribution < -0.4 is 5.32 Å². The number of nitrogens with one attached hydrogen (secondary N) is 1. The molecular weight excluding hydrogens is 328 g/mol. The molecule has 1 N–H and O–H groups in total. The number of rotatable bonds is 4. The first-order valence-corrected chi connectivity index (χ1v) is 7.19. The van der Waals surface area contributed by atoms with Gasteiger partial charge < -0.3 is 5.32 Å². The second-order valence-electron chi connectivity index (χ2n) is 4.06. The van der Waals surface area contributed by atoms with E-state index in [1.807, 2.05) is 6.92 Å². The van der Waals surface area contributed by atoms with Gasteiger partial charge in [0, 0.05) is 12.7 Å². The minimum absolute atomic E-state index is 0.532. The number of aryl methyl sites for hydroxylation is 1. The zero-order valence-corrected chi connectivity index (χ0v) is 13.1. The van der Waals surface area contributed by atoms with Crippen molar-refractivity contribution in [3.05, 3.63) is 33.5 Å². The molecule has 2 aromatic rings. The van der Waals surface area contributed by atoms with Crippen LogP contribution in [0.3, 0.4) is 0 Å². The van der Waals surface area contributed by atoms with E-state index in [9.17, 15) is 0 Å². The Bertz CT molecular complexity index is 589. The average Bonchev–Trinajstić information content (AvgIpc) is 2.41. The Labute approximate surface area is 125 Å². The van der Waals surface area contributed by atoms with Crippen molar-refractivity contribution in [2.45, 2.75) is 20.3 Å². The van der Waals surface area contributed by atoms with Gasteiger partial charge >= 0.3 is 0 Å². The Morgan fingerprint density at radius 1 is 1.37 bits per heavy atom. The number of halogens is 2. The summed E-state index contributed by atoms with van der Waals surface area (Å²) in [4.78, 5) is 13.2. The molecule has 0 amide bonds. The molecule has 19 heavy (non-hydrogen) atoms. The van der Waals surface area contributed by atoms with Crippen LogP contribution in [0.1, 0.15) is 19.0 Å². The van der Waals surface area contributed by atoms with Gasteiger partial charge in [0.1, 0.15) is 11.5 Å². The molecule has 2 rings (SSSR count). The van der Waals surface area contributed by atoms with E-state index in [-0.39, 0.29) is 0 Å². The van der Waals surface area contributed by atoms with Crippen LogP contribution in [-0.4, -0.2) is 21.5 Å². The Kier molecular flexibility index (Phi) is 4.71. The van der Waals surface area contributed by atoms with Crippen LogP contribution in [0.5, 0.6) is 0 Å². The van der Waals surface area contributed by atoms with E-state index in [0.717, 1.165) is 29.0 Å². The average molecular weight is 342 g/mol. The number of nitrogens with zero attached hydrogens (tertiary/aromatic N) is 3. The molecule has 100 valence electrons. The summed E-state index contributed by atoms with van der Waals surface area (Å²) in [7, 11) is 0. The molecule has 0 spiro atoms. The second-order valence-corrected chi connectivity index (χ2v) is 5.26. The van der Waals surface area contributed by atoms with Gasteiger partial charge in [0.25, 0.3) is 0 Å². The number of hydrogen-bond donors (Lipinski definition) is 1. The van der Waals surface area contributed by atoms with Gasteiger partial charge in [-0.2, -0.15) is 0 Å². The first-order valence-electron chi connectivity index (χ1n) is 6.02. The van der Waals surface area contributed by atoms with Gasteiger partial charge in [-0.05, 0) is 41.4 Å². The molecule has 4 nitrogen and oxygen atoms in total. The first kappa shape index (κ1) is 14.2. The summed E-state index contributed by atoms with van der Waals surface area (Å²) in [5.41, 5.74) is 1.45. The molecule has 6 heteroatoms. The molecule has 0 radical (unpaired) electrons. The SMILES string of the molecule is CCCNc1nc(-c2ncccc2Cl)nc(C)c1Br. The van der Waals surface area contributed by atoms with E-state index < -0.39 is 0 Å². The summed E-state index contributed by atoms with van der Waals surface area (Å²) in [6.07, 6.45) is 2.70. The second kappa shape index (κ2) is 6.30. The van der Waals surface area contributed by atoms with Crippen LogP contribution in [-0.2, 0) is 0 Å². The predicted molar refractivity (Wildman–Crippen MR) is 81.5 cm³/mol. The topological polar surface area (TPSA) is 50.7 Å². The van der Waals surface area contributed by atoms with E-state index >= 15 is 0 Å². The Morgan fingerprint density at radius 3 is 2.84 bits per heavy atom. The van der Waals surface area contributed by atoms with Gasteiger partial charge in [0.2, 0.25) is 0 Å². The minimum Gasteiger partial charge on any atom is -0.369 e. The maximum atomic E-state index is 6.13. The molecular formula is C13H14BrClN4. The molecule has 0 saturated heterocycles. The van der Waals surface area contributed by atoms with Gasteiger partial charge in [-0.25, -0.2) is 9.97 Å². The fraction of sp³-hybridized carbons (Fsp3) is 0.308. The number of hydrogen-bond acceptors (Lipinski definition) is 4. The molecule has 0 fully saturated rings. The van der Waals surface area contributed by atoms with Crippen LogP contribution in [0, 0.1) is 6.92 Å². The van der Waals surface area contributed by atoms with E-state index in [0.29, 0.717) is 16.5 Å². The molecule has 0 atom stereocenters. The van der Waals surface area contributed by atoms with Crippen molar-refractivity contribution < 1.29 is 0 Å². The van der Waals surface area contributed by atoms with Crippen LogP contribution in [0.15, 0.2) is 22.8 Å². The van der Waals surface area contributed by atoms with Crippen molar-refractivity contribution in [1.29, 1.82) is 0 Å². The van der Waals surface area contributed by atoms with Crippen molar-refractivity contribution in [3.63, 3.8) is 0 Å². The number of aromatic nitrogens is 3. The third-order valence-corrected chi connectivity index (χ3v) is 3.78. The molecule has 0 saturated carbocycles. The standard InChI is InChI=1S/C13H14BrClN4/c1-3-6-17-12-10(14)8(2)18-13(19-12)11-9(15)5-4-7-16-11/h4-5,7H,3,6H2,1-2H3,(H,17,18,19). The van der Waals surface area contributed by atoms with Crippen molar-refractivity contribution in [2.75, 3.05) is 11.9 Å². The summed E-state index contributed by atoms with van der Waals surface area (Å²) >= 11 is 9.63. The lowest BCUT2D eigenvalue weighted by atomic mass is 10.3.